The number of hydrogen-bond donors (Lipinski definition) is 1. The van der Waals surface area contributed by atoms with Crippen LogP contribution in [0, 0.1) is 0 Å². The van der Waals surface area contributed by atoms with E-state index in [9.17, 15) is 9.90 Å². The van der Waals surface area contributed by atoms with E-state index < -0.39 is 11.4 Å². The maximum atomic E-state index is 10.6. The summed E-state index contributed by atoms with van der Waals surface area (Å²) in [5, 5.41) is 10.5. The van der Waals surface area contributed by atoms with E-state index in [1.807, 2.05) is 12.1 Å². The predicted octanol–water partition coefficient (Wildman–Crippen LogP) is 1.42. The highest BCUT2D eigenvalue weighted by Gasteiger charge is 2.48. The average Bonchev–Trinajstić information content (AvgIpc) is 3.20. The highest BCUT2D eigenvalue weighted by Crippen LogP contribution is 2.50. The van der Waals surface area contributed by atoms with E-state index in [1.54, 1.807) is 6.07 Å². The number of rotatable bonds is 4. The normalized spacial score (nSPS) is 27.1. The Morgan fingerprint density at radius 2 is 2.16 bits per heavy atom. The fraction of sp³-hybridized carbons (Fsp3) is 0.500. The third kappa shape index (κ3) is 1.89. The van der Waals surface area contributed by atoms with E-state index in [2.05, 4.69) is 0 Å². The fourth-order valence-corrected chi connectivity index (χ4v) is 2.57. The number of fused-ring (bicyclic) bond motifs is 1. The number of benzene rings is 1. The minimum atomic E-state index is -1.33. The van der Waals surface area contributed by atoms with Crippen LogP contribution in [0.15, 0.2) is 18.2 Å². The molecule has 1 N–H and O–H groups in total. The number of methoxy groups -OCH3 is 1. The average molecular weight is 264 g/mol. The Morgan fingerprint density at radius 3 is 2.79 bits per heavy atom. The first-order valence-corrected chi connectivity index (χ1v) is 6.30. The van der Waals surface area contributed by atoms with Gasteiger partial charge in [-0.1, -0.05) is 6.07 Å². The Kier molecular flexibility index (Phi) is 2.76. The van der Waals surface area contributed by atoms with E-state index in [4.69, 9.17) is 14.2 Å². The fourth-order valence-electron chi connectivity index (χ4n) is 2.57. The Morgan fingerprint density at radius 1 is 1.37 bits per heavy atom. The summed E-state index contributed by atoms with van der Waals surface area (Å²) in [5.41, 5.74) is 0.946. The number of carbonyl (C=O) groups is 1. The first-order chi connectivity index (χ1) is 9.13. The first kappa shape index (κ1) is 12.4. The van der Waals surface area contributed by atoms with Gasteiger partial charge in [-0.15, -0.1) is 0 Å². The quantitative estimate of drug-likeness (QED) is 0.658. The molecule has 19 heavy (non-hydrogen) atoms. The summed E-state index contributed by atoms with van der Waals surface area (Å²) in [6, 6.07) is 5.48. The number of aliphatic hydroxyl groups is 1. The van der Waals surface area contributed by atoms with E-state index >= 15 is 0 Å². The molecular formula is C14H16O5. The molecule has 0 amide bonds. The van der Waals surface area contributed by atoms with Crippen molar-refractivity contribution < 1.29 is 24.1 Å². The zero-order valence-corrected chi connectivity index (χ0v) is 10.7. The standard InChI is InChI=1S/C14H16O5/c1-17-14(16)6-7-18-12-3-2-10(8-11(12)14)13(4-5-13)19-9-15/h2-3,8-9,16H,4-7H2,1H3. The molecule has 3 rings (SSSR count). The smallest absolute Gasteiger partial charge is 0.293 e. The molecule has 102 valence electrons. The predicted molar refractivity (Wildman–Crippen MR) is 65.5 cm³/mol. The van der Waals surface area contributed by atoms with Crippen LogP contribution in [0.5, 0.6) is 5.75 Å². The van der Waals surface area contributed by atoms with Crippen molar-refractivity contribution in [1.82, 2.24) is 0 Å². The number of carbonyl (C=O) groups excluding carboxylic acids is 1. The molecule has 1 fully saturated rings. The molecule has 1 atom stereocenters. The summed E-state index contributed by atoms with van der Waals surface area (Å²) in [7, 11) is 1.47. The third-order valence-corrected chi connectivity index (χ3v) is 3.94. The molecule has 1 unspecified atom stereocenters. The molecule has 1 aromatic rings. The lowest BCUT2D eigenvalue weighted by Gasteiger charge is -2.33. The molecule has 1 saturated carbocycles. The zero-order valence-electron chi connectivity index (χ0n) is 10.7. The molecule has 1 aliphatic carbocycles. The van der Waals surface area contributed by atoms with Crippen LogP contribution in [0.4, 0.5) is 0 Å². The molecule has 0 spiro atoms. The molecule has 0 radical (unpaired) electrons. The van der Waals surface area contributed by atoms with Crippen molar-refractivity contribution >= 4 is 6.47 Å². The maximum Gasteiger partial charge on any atom is 0.293 e. The van der Waals surface area contributed by atoms with Gasteiger partial charge >= 0.3 is 0 Å². The van der Waals surface area contributed by atoms with Crippen LogP contribution in [0.1, 0.15) is 30.4 Å². The maximum absolute atomic E-state index is 10.6. The lowest BCUT2D eigenvalue weighted by atomic mass is 9.94. The lowest BCUT2D eigenvalue weighted by Crippen LogP contribution is -2.34. The van der Waals surface area contributed by atoms with Crippen LogP contribution in [0.3, 0.4) is 0 Å². The topological polar surface area (TPSA) is 65.0 Å². The van der Waals surface area contributed by atoms with Gasteiger partial charge in [0, 0.05) is 13.5 Å². The minimum absolute atomic E-state index is 0.376. The van der Waals surface area contributed by atoms with Gasteiger partial charge in [-0.25, -0.2) is 0 Å². The van der Waals surface area contributed by atoms with Crippen LogP contribution in [-0.4, -0.2) is 25.3 Å². The summed E-state index contributed by atoms with van der Waals surface area (Å²) in [5.74, 6) is -0.720. The molecule has 0 saturated heterocycles. The van der Waals surface area contributed by atoms with E-state index in [0.717, 1.165) is 18.4 Å². The molecule has 0 aromatic heterocycles. The van der Waals surface area contributed by atoms with E-state index in [-0.39, 0.29) is 0 Å². The van der Waals surface area contributed by atoms with Crippen molar-refractivity contribution in [2.24, 2.45) is 0 Å². The van der Waals surface area contributed by atoms with Gasteiger partial charge in [-0.05, 0) is 30.5 Å². The molecule has 1 aliphatic heterocycles. The Balaban J connectivity index is 2.03. The van der Waals surface area contributed by atoms with Crippen molar-refractivity contribution in [3.05, 3.63) is 29.3 Å². The Hall–Kier alpha value is -1.59. The van der Waals surface area contributed by atoms with E-state index in [1.165, 1.54) is 7.11 Å². The van der Waals surface area contributed by atoms with Crippen molar-refractivity contribution in [2.75, 3.05) is 13.7 Å². The van der Waals surface area contributed by atoms with Crippen LogP contribution in [-0.2, 0) is 25.7 Å². The minimum Gasteiger partial charge on any atom is -0.493 e. The first-order valence-electron chi connectivity index (χ1n) is 6.30. The van der Waals surface area contributed by atoms with Crippen molar-refractivity contribution in [1.29, 1.82) is 0 Å². The van der Waals surface area contributed by atoms with Gasteiger partial charge in [0.1, 0.15) is 11.4 Å². The summed E-state index contributed by atoms with van der Waals surface area (Å²) >= 11 is 0. The Bertz CT molecular complexity index is 509. The van der Waals surface area contributed by atoms with Crippen molar-refractivity contribution in [3.8, 4) is 5.75 Å². The zero-order chi connectivity index (χ0) is 13.5. The van der Waals surface area contributed by atoms with Crippen LogP contribution in [0.2, 0.25) is 0 Å². The van der Waals surface area contributed by atoms with Crippen LogP contribution in [0.25, 0.3) is 0 Å². The summed E-state index contributed by atoms with van der Waals surface area (Å²) in [4.78, 5) is 10.6. The summed E-state index contributed by atoms with van der Waals surface area (Å²) < 4.78 is 15.9. The van der Waals surface area contributed by atoms with Crippen LogP contribution < -0.4 is 4.74 Å². The van der Waals surface area contributed by atoms with Gasteiger partial charge in [-0.3, -0.25) is 4.79 Å². The van der Waals surface area contributed by atoms with Gasteiger partial charge < -0.3 is 19.3 Å². The van der Waals surface area contributed by atoms with Crippen LogP contribution >= 0.6 is 0 Å². The summed E-state index contributed by atoms with van der Waals surface area (Å²) in [6.07, 6.45) is 1.98. The third-order valence-electron chi connectivity index (χ3n) is 3.94. The van der Waals surface area contributed by atoms with Gasteiger partial charge in [0.15, 0.2) is 5.79 Å². The highest BCUT2D eigenvalue weighted by atomic mass is 16.6. The molecule has 1 heterocycles. The highest BCUT2D eigenvalue weighted by molar-refractivity contribution is 5.47. The molecular weight excluding hydrogens is 248 g/mol. The molecule has 0 bridgehead atoms. The monoisotopic (exact) mass is 264 g/mol. The molecule has 5 nitrogen and oxygen atoms in total. The molecule has 1 aromatic carbocycles. The molecule has 2 aliphatic rings. The Labute approximate surface area is 111 Å². The van der Waals surface area contributed by atoms with Gasteiger partial charge in [0.05, 0.1) is 12.2 Å². The number of hydrogen-bond acceptors (Lipinski definition) is 5. The van der Waals surface area contributed by atoms with Gasteiger partial charge in [0.25, 0.3) is 6.47 Å². The second-order valence-electron chi connectivity index (χ2n) is 5.01. The largest absolute Gasteiger partial charge is 0.493 e. The molecule has 5 heteroatoms. The van der Waals surface area contributed by atoms with Gasteiger partial charge in [0.2, 0.25) is 0 Å². The van der Waals surface area contributed by atoms with E-state index in [0.29, 0.717) is 30.8 Å². The van der Waals surface area contributed by atoms with Gasteiger partial charge in [-0.2, -0.15) is 0 Å². The van der Waals surface area contributed by atoms with Crippen molar-refractivity contribution in [3.63, 3.8) is 0 Å². The second kappa shape index (κ2) is 4.21. The lowest BCUT2D eigenvalue weighted by molar-refractivity contribution is -0.210. The second-order valence-corrected chi connectivity index (χ2v) is 5.01. The number of ether oxygens (including phenoxy) is 3. The van der Waals surface area contributed by atoms with Crippen molar-refractivity contribution in [2.45, 2.75) is 30.7 Å². The SMILES string of the molecule is COC1(O)CCOc2ccc(C3(OC=O)CC3)cc21. The summed E-state index contributed by atoms with van der Waals surface area (Å²) in [6.45, 7) is 0.887.